The number of rotatable bonds is 5. The van der Waals surface area contributed by atoms with Gasteiger partial charge in [0.1, 0.15) is 0 Å². The van der Waals surface area contributed by atoms with Crippen LogP contribution in [0, 0.1) is 5.92 Å². The second-order valence-electron chi connectivity index (χ2n) is 2.66. The quantitative estimate of drug-likeness (QED) is 0.482. The lowest BCUT2D eigenvalue weighted by Crippen LogP contribution is -2.19. The summed E-state index contributed by atoms with van der Waals surface area (Å²) in [5, 5.41) is 0. The average molecular weight is 190 g/mol. The fraction of sp³-hybridized carbons (Fsp3) is 0.778. The number of hydrogen-bond acceptors (Lipinski definition) is 4. The van der Waals surface area contributed by atoms with E-state index in [2.05, 4.69) is 0 Å². The maximum absolute atomic E-state index is 11.1. The van der Waals surface area contributed by atoms with Crippen molar-refractivity contribution in [1.29, 1.82) is 0 Å². The van der Waals surface area contributed by atoms with Gasteiger partial charge in [-0.05, 0) is 13.8 Å². The summed E-state index contributed by atoms with van der Waals surface area (Å²) in [6.45, 7) is 5.79. The lowest BCUT2D eigenvalue weighted by molar-refractivity contribution is -0.154. The van der Waals surface area contributed by atoms with Crippen molar-refractivity contribution in [3.63, 3.8) is 0 Å². The van der Waals surface area contributed by atoms with E-state index in [-0.39, 0.29) is 18.4 Å². The van der Waals surface area contributed by atoms with Crippen LogP contribution in [0.2, 0.25) is 0 Å². The molecule has 0 aliphatic rings. The average Bonchev–Trinajstić information content (AvgIpc) is 2.05. The van der Waals surface area contributed by atoms with Gasteiger partial charge in [0, 0.05) is 0 Å². The van der Waals surface area contributed by atoms with Gasteiger partial charge < -0.3 is 9.47 Å². The lowest BCUT2D eigenvalue weighted by atomic mass is 10.6. The zero-order valence-electron chi connectivity index (χ0n) is 8.33. The Hall–Kier alpha value is -1.06. The molecule has 0 aromatic rings. The maximum Gasteiger partial charge on any atom is 0.309 e. The summed E-state index contributed by atoms with van der Waals surface area (Å²) in [5.41, 5.74) is 0. The highest BCUT2D eigenvalue weighted by atomic mass is 16.5. The van der Waals surface area contributed by atoms with E-state index >= 15 is 0 Å². The Balaban J connectivity index is 3.78. The summed E-state index contributed by atoms with van der Waals surface area (Å²) in [6, 6.07) is 0. The van der Waals surface area contributed by atoms with E-state index in [9.17, 15) is 9.59 Å². The molecule has 0 saturated carbocycles. The topological polar surface area (TPSA) is 52.6 Å². The molecule has 1 unspecified atom stereocenters. The summed E-state index contributed by atoms with van der Waals surface area (Å²) in [4.78, 5) is 22.0. The number of esters is 2. The van der Waals surface area contributed by atoms with Gasteiger partial charge >= 0.3 is 11.9 Å². The van der Waals surface area contributed by atoms with Gasteiger partial charge in [-0.1, -0.05) is 6.92 Å². The van der Waals surface area contributed by atoms with E-state index in [1.807, 2.05) is 0 Å². The normalized spacial score (nSPS) is 11.9. The Bertz CT molecular complexity index is 176. The highest BCUT2D eigenvalue weighted by molar-refractivity contribution is 5.79. The monoisotopic (exact) mass is 190 g/mol. The molecule has 4 heteroatoms. The number of hydrogen-bond donors (Lipinski definition) is 0. The molecule has 13 heavy (non-hydrogen) atoms. The van der Waals surface area contributed by atoms with Crippen molar-refractivity contribution in [2.75, 3.05) is 13.2 Å². The molecule has 1 atom stereocenters. The molecule has 0 aliphatic heterocycles. The van der Waals surface area contributed by atoms with Crippen LogP contribution in [0.4, 0.5) is 0 Å². The summed E-state index contributed by atoms with van der Waals surface area (Å²) >= 11 is 0. The van der Waals surface area contributed by atoms with E-state index < -0.39 is 5.92 Å². The van der Waals surface area contributed by atoms with Gasteiger partial charge in [0.2, 0.25) is 0 Å². The van der Waals surface area contributed by atoms with Gasteiger partial charge in [-0.25, -0.2) is 0 Å². The summed E-state index contributed by atoms with van der Waals surface area (Å²) in [5.74, 6) is -1.13. The Morgan fingerprint density at radius 2 is 1.69 bits per heavy atom. The molecule has 0 aromatic carbocycles. The van der Waals surface area contributed by atoms with Gasteiger partial charge in [0.25, 0.3) is 0 Å². The van der Waals surface area contributed by atoms with Crippen molar-refractivity contribution in [2.24, 2.45) is 5.92 Å². The van der Waals surface area contributed by atoms with E-state index in [1.165, 1.54) is 0 Å². The standard InChI is InChI=1S/C9H16O4/c1-4-12-8(10)6-7(3)9(11)13-5-2/h7H,4-6H2,1-3H3/i6+1,7+1. The summed E-state index contributed by atoms with van der Waals surface area (Å²) in [6.07, 6.45) is 0.0900. The van der Waals surface area contributed by atoms with Crippen LogP contribution in [0.5, 0.6) is 0 Å². The molecule has 0 amide bonds. The Morgan fingerprint density at radius 3 is 2.15 bits per heavy atom. The molecule has 4 nitrogen and oxygen atoms in total. The minimum absolute atomic E-state index is 0.0900. The second-order valence-corrected chi connectivity index (χ2v) is 2.66. The summed E-state index contributed by atoms with van der Waals surface area (Å²) in [7, 11) is 0. The minimum atomic E-state index is -0.418. The van der Waals surface area contributed by atoms with Crippen LogP contribution in [0.15, 0.2) is 0 Å². The molecular formula is C9H16O4. The van der Waals surface area contributed by atoms with Crippen LogP contribution in [0.1, 0.15) is 27.2 Å². The van der Waals surface area contributed by atoms with Crippen molar-refractivity contribution in [3.8, 4) is 0 Å². The van der Waals surface area contributed by atoms with Crippen LogP contribution in [-0.2, 0) is 19.1 Å². The smallest absolute Gasteiger partial charge is 0.309 e. The van der Waals surface area contributed by atoms with Crippen LogP contribution in [-0.4, -0.2) is 25.2 Å². The SMILES string of the molecule is CCOC(=O)[13CH2][13CH](C)C(=O)OCC. The predicted molar refractivity (Wildman–Crippen MR) is 47.0 cm³/mol. The zero-order valence-corrected chi connectivity index (χ0v) is 8.33. The Labute approximate surface area is 78.2 Å². The summed E-state index contributed by atoms with van der Waals surface area (Å²) < 4.78 is 9.43. The fourth-order valence-electron chi connectivity index (χ4n) is 0.838. The zero-order chi connectivity index (χ0) is 10.3. The molecule has 0 bridgehead atoms. The van der Waals surface area contributed by atoms with Crippen LogP contribution in [0.3, 0.4) is 0 Å². The molecule has 0 radical (unpaired) electrons. The fourth-order valence-corrected chi connectivity index (χ4v) is 0.838. The molecule has 0 fully saturated rings. The molecule has 0 heterocycles. The second kappa shape index (κ2) is 6.46. The minimum Gasteiger partial charge on any atom is -0.466 e. The third kappa shape index (κ3) is 5.22. The number of ether oxygens (including phenoxy) is 2. The van der Waals surface area contributed by atoms with Crippen molar-refractivity contribution < 1.29 is 19.1 Å². The number of carbonyl (C=O) groups excluding carboxylic acids is 2. The molecule has 76 valence electrons. The lowest BCUT2D eigenvalue weighted by Gasteiger charge is -2.08. The van der Waals surface area contributed by atoms with E-state index in [4.69, 9.17) is 9.47 Å². The van der Waals surface area contributed by atoms with E-state index in [1.54, 1.807) is 20.8 Å². The van der Waals surface area contributed by atoms with Crippen molar-refractivity contribution >= 4 is 11.9 Å². The first-order chi connectivity index (χ1) is 6.11. The predicted octanol–water partition coefficient (Wildman–Crippen LogP) is 1.14. The van der Waals surface area contributed by atoms with Gasteiger partial charge in [-0.15, -0.1) is 0 Å². The molecule has 0 aliphatic carbocycles. The van der Waals surface area contributed by atoms with Crippen LogP contribution >= 0.6 is 0 Å². The van der Waals surface area contributed by atoms with Crippen molar-refractivity contribution in [1.82, 2.24) is 0 Å². The largest absolute Gasteiger partial charge is 0.466 e. The molecular weight excluding hydrogens is 174 g/mol. The van der Waals surface area contributed by atoms with Crippen LogP contribution in [0.25, 0.3) is 0 Å². The van der Waals surface area contributed by atoms with Gasteiger partial charge in [-0.3, -0.25) is 9.59 Å². The Kier molecular flexibility index (Phi) is 5.93. The first-order valence-electron chi connectivity index (χ1n) is 4.44. The van der Waals surface area contributed by atoms with E-state index in [0.717, 1.165) is 0 Å². The Morgan fingerprint density at radius 1 is 1.15 bits per heavy atom. The van der Waals surface area contributed by atoms with Crippen LogP contribution < -0.4 is 0 Å². The highest BCUT2D eigenvalue weighted by Gasteiger charge is 2.18. The molecule has 0 rings (SSSR count). The third-order valence-corrected chi connectivity index (χ3v) is 1.47. The highest BCUT2D eigenvalue weighted by Crippen LogP contribution is 2.05. The number of carbonyl (C=O) groups is 2. The maximum atomic E-state index is 11.1. The van der Waals surface area contributed by atoms with Gasteiger partial charge in [0.15, 0.2) is 0 Å². The molecule has 0 spiro atoms. The molecule has 0 saturated heterocycles. The third-order valence-electron chi connectivity index (χ3n) is 1.47. The van der Waals surface area contributed by atoms with Crippen molar-refractivity contribution in [2.45, 2.75) is 27.2 Å². The van der Waals surface area contributed by atoms with Gasteiger partial charge in [-0.2, -0.15) is 0 Å². The molecule has 0 aromatic heterocycles. The van der Waals surface area contributed by atoms with Crippen molar-refractivity contribution in [3.05, 3.63) is 0 Å². The first-order valence-corrected chi connectivity index (χ1v) is 4.44. The van der Waals surface area contributed by atoms with E-state index in [0.29, 0.717) is 13.2 Å². The van der Waals surface area contributed by atoms with Gasteiger partial charge in [0.05, 0.1) is 25.6 Å². The molecule has 0 N–H and O–H groups in total. The first kappa shape index (κ1) is 11.9.